The molecule has 9 heteroatoms. The minimum Gasteiger partial charge on any atom is -0.451 e. The molecule has 0 bridgehead atoms. The van der Waals surface area contributed by atoms with Crippen LogP contribution in [-0.4, -0.2) is 24.5 Å². The molecule has 0 aliphatic rings. The van der Waals surface area contributed by atoms with E-state index in [1.807, 2.05) is 48.1 Å². The predicted octanol–water partition coefficient (Wildman–Crippen LogP) is 4.94. The lowest BCUT2D eigenvalue weighted by Gasteiger charge is -2.20. The highest BCUT2D eigenvalue weighted by molar-refractivity contribution is 7.92. The van der Waals surface area contributed by atoms with Crippen LogP contribution in [0.15, 0.2) is 64.6 Å². The molecule has 0 aliphatic heterocycles. The van der Waals surface area contributed by atoms with Gasteiger partial charge in [0.25, 0.3) is 10.0 Å². The van der Waals surface area contributed by atoms with Crippen LogP contribution >= 0.6 is 22.9 Å². The van der Waals surface area contributed by atoms with Crippen molar-refractivity contribution in [3.63, 3.8) is 0 Å². The van der Waals surface area contributed by atoms with Crippen LogP contribution in [0.4, 0.5) is 5.13 Å². The maximum absolute atomic E-state index is 13.2. The standard InChI is InChI=1S/C19H18ClN3O3S2/c1-14-12-15(20)13-16-18(14)21-19(27-16)23(10-5-9-22-7-2-3-8-22)28(24,25)17-6-4-11-26-17/h2-4,6-8,11-13H,5,9-10H2,1H3. The van der Waals surface area contributed by atoms with Gasteiger partial charge in [0.15, 0.2) is 0 Å². The van der Waals surface area contributed by atoms with Crippen molar-refractivity contribution in [2.75, 3.05) is 10.8 Å². The van der Waals surface area contributed by atoms with Crippen molar-refractivity contribution in [1.82, 2.24) is 9.55 Å². The summed E-state index contributed by atoms with van der Waals surface area (Å²) in [7, 11) is -3.85. The molecule has 0 saturated heterocycles. The Morgan fingerprint density at radius 2 is 2.04 bits per heavy atom. The number of benzene rings is 1. The second kappa shape index (κ2) is 7.62. The molecule has 0 saturated carbocycles. The molecule has 0 atom stereocenters. The van der Waals surface area contributed by atoms with Crippen LogP contribution in [-0.2, 0) is 16.6 Å². The summed E-state index contributed by atoms with van der Waals surface area (Å²) < 4.78 is 35.7. The number of fused-ring (bicyclic) bond motifs is 1. The van der Waals surface area contributed by atoms with Crippen LogP contribution in [0.25, 0.3) is 10.2 Å². The van der Waals surface area contributed by atoms with Gasteiger partial charge in [-0.15, -0.1) is 0 Å². The monoisotopic (exact) mass is 435 g/mol. The van der Waals surface area contributed by atoms with E-state index in [0.29, 0.717) is 23.1 Å². The van der Waals surface area contributed by atoms with Crippen molar-refractivity contribution in [3.8, 4) is 0 Å². The van der Waals surface area contributed by atoms with Crippen molar-refractivity contribution in [3.05, 3.63) is 65.6 Å². The average molecular weight is 436 g/mol. The molecule has 1 aromatic carbocycles. The normalized spacial score (nSPS) is 11.9. The highest BCUT2D eigenvalue weighted by Crippen LogP contribution is 2.35. The Morgan fingerprint density at radius 3 is 2.75 bits per heavy atom. The number of hydrogen-bond donors (Lipinski definition) is 0. The summed E-state index contributed by atoms with van der Waals surface area (Å²) in [5.41, 5.74) is 1.67. The van der Waals surface area contributed by atoms with E-state index in [1.165, 1.54) is 28.0 Å². The second-order valence-electron chi connectivity index (χ2n) is 6.35. The smallest absolute Gasteiger partial charge is 0.299 e. The highest BCUT2D eigenvalue weighted by atomic mass is 35.5. The van der Waals surface area contributed by atoms with E-state index in [-0.39, 0.29) is 11.6 Å². The fourth-order valence-electron chi connectivity index (χ4n) is 3.00. The van der Waals surface area contributed by atoms with Crippen molar-refractivity contribution >= 4 is 48.3 Å². The Bertz CT molecular complexity index is 1180. The molecule has 146 valence electrons. The number of furan rings is 1. The number of aryl methyl sites for hydroxylation is 2. The third-order valence-electron chi connectivity index (χ3n) is 4.34. The number of nitrogens with zero attached hydrogens (tertiary/aromatic N) is 3. The number of rotatable bonds is 7. The lowest BCUT2D eigenvalue weighted by Crippen LogP contribution is -2.32. The van der Waals surface area contributed by atoms with Crippen LogP contribution < -0.4 is 4.31 Å². The molecular weight excluding hydrogens is 418 g/mol. The SMILES string of the molecule is Cc1cc(Cl)cc2sc(N(CCCn3cccc3)S(=O)(=O)c3ccco3)nc12. The van der Waals surface area contributed by atoms with Gasteiger partial charge < -0.3 is 8.98 Å². The first kappa shape index (κ1) is 19.0. The maximum atomic E-state index is 13.2. The number of anilines is 1. The Labute approximate surface area is 172 Å². The Morgan fingerprint density at radius 1 is 1.25 bits per heavy atom. The van der Waals surface area contributed by atoms with Gasteiger partial charge in [-0.25, -0.2) is 9.29 Å². The fraction of sp³-hybridized carbons (Fsp3) is 0.211. The summed E-state index contributed by atoms with van der Waals surface area (Å²) in [6.07, 6.45) is 5.89. The number of sulfonamides is 1. The molecule has 0 N–H and O–H groups in total. The first-order valence-electron chi connectivity index (χ1n) is 8.69. The number of halogens is 1. The van der Waals surface area contributed by atoms with Crippen molar-refractivity contribution in [2.45, 2.75) is 25.0 Å². The Hall–Kier alpha value is -2.29. The van der Waals surface area contributed by atoms with Gasteiger partial charge in [-0.05, 0) is 55.3 Å². The molecule has 3 aromatic heterocycles. The van der Waals surface area contributed by atoms with Gasteiger partial charge in [0, 0.05) is 30.5 Å². The summed E-state index contributed by atoms with van der Waals surface area (Å²) in [5.74, 6) is 0. The van der Waals surface area contributed by atoms with Crippen molar-refractivity contribution in [1.29, 1.82) is 0 Å². The minimum absolute atomic E-state index is 0.0949. The zero-order valence-electron chi connectivity index (χ0n) is 15.1. The predicted molar refractivity (Wildman–Crippen MR) is 112 cm³/mol. The summed E-state index contributed by atoms with van der Waals surface area (Å²) in [4.78, 5) is 4.60. The first-order valence-corrected chi connectivity index (χ1v) is 11.3. The van der Waals surface area contributed by atoms with Gasteiger partial charge in [0.1, 0.15) is 0 Å². The summed E-state index contributed by atoms with van der Waals surface area (Å²) in [5, 5.41) is 0.917. The lowest BCUT2D eigenvalue weighted by molar-refractivity contribution is 0.448. The third kappa shape index (κ3) is 3.67. The molecule has 0 aliphatic carbocycles. The molecule has 3 heterocycles. The molecular formula is C19H18ClN3O3S2. The molecule has 0 unspecified atom stereocenters. The van der Waals surface area contributed by atoms with Gasteiger partial charge in [-0.2, -0.15) is 8.42 Å². The lowest BCUT2D eigenvalue weighted by atomic mass is 10.2. The second-order valence-corrected chi connectivity index (χ2v) is 9.59. The molecule has 4 rings (SSSR count). The highest BCUT2D eigenvalue weighted by Gasteiger charge is 2.30. The molecule has 4 aromatic rings. The van der Waals surface area contributed by atoms with E-state index < -0.39 is 10.0 Å². The quantitative estimate of drug-likeness (QED) is 0.412. The van der Waals surface area contributed by atoms with E-state index in [0.717, 1.165) is 15.8 Å². The van der Waals surface area contributed by atoms with Crippen LogP contribution in [0.3, 0.4) is 0 Å². The first-order chi connectivity index (χ1) is 13.4. The topological polar surface area (TPSA) is 68.3 Å². The van der Waals surface area contributed by atoms with Crippen LogP contribution in [0, 0.1) is 6.92 Å². The van der Waals surface area contributed by atoms with Gasteiger partial charge in [-0.3, -0.25) is 0 Å². The van der Waals surface area contributed by atoms with E-state index in [9.17, 15) is 8.42 Å². The molecule has 6 nitrogen and oxygen atoms in total. The summed E-state index contributed by atoms with van der Waals surface area (Å²) in [6.45, 7) is 2.90. The summed E-state index contributed by atoms with van der Waals surface area (Å²) >= 11 is 7.46. The largest absolute Gasteiger partial charge is 0.451 e. The van der Waals surface area contributed by atoms with Crippen LogP contribution in [0.2, 0.25) is 5.02 Å². The zero-order chi connectivity index (χ0) is 19.7. The zero-order valence-corrected chi connectivity index (χ0v) is 17.5. The van der Waals surface area contributed by atoms with Gasteiger partial charge in [0.05, 0.1) is 16.5 Å². The van der Waals surface area contributed by atoms with E-state index in [2.05, 4.69) is 4.98 Å². The van der Waals surface area contributed by atoms with E-state index >= 15 is 0 Å². The number of aromatic nitrogens is 2. The maximum Gasteiger partial charge on any atom is 0.299 e. The van der Waals surface area contributed by atoms with Gasteiger partial charge >= 0.3 is 0 Å². The summed E-state index contributed by atoms with van der Waals surface area (Å²) in [6, 6.07) is 10.5. The van der Waals surface area contributed by atoms with E-state index in [4.69, 9.17) is 16.0 Å². The molecule has 0 amide bonds. The third-order valence-corrected chi connectivity index (χ3v) is 7.37. The fourth-order valence-corrected chi connectivity index (χ4v) is 6.02. The van der Waals surface area contributed by atoms with Crippen molar-refractivity contribution in [2.24, 2.45) is 0 Å². The molecule has 28 heavy (non-hydrogen) atoms. The number of hydrogen-bond acceptors (Lipinski definition) is 5. The van der Waals surface area contributed by atoms with Gasteiger partial charge in [-0.1, -0.05) is 22.9 Å². The van der Waals surface area contributed by atoms with Crippen LogP contribution in [0.5, 0.6) is 0 Å². The van der Waals surface area contributed by atoms with Gasteiger partial charge in [0.2, 0.25) is 10.2 Å². The van der Waals surface area contributed by atoms with Crippen molar-refractivity contribution < 1.29 is 12.8 Å². The number of thiazole rings is 1. The molecule has 0 radical (unpaired) electrons. The minimum atomic E-state index is -3.85. The van der Waals surface area contributed by atoms with Crippen LogP contribution in [0.1, 0.15) is 12.0 Å². The van der Waals surface area contributed by atoms with E-state index in [1.54, 1.807) is 6.07 Å². The Balaban J connectivity index is 1.71. The molecule has 0 fully saturated rings. The average Bonchev–Trinajstić information content (AvgIpc) is 3.38. The molecule has 0 spiro atoms. The Kier molecular flexibility index (Phi) is 5.18.